The van der Waals surface area contributed by atoms with Crippen molar-refractivity contribution in [2.75, 3.05) is 13.2 Å². The van der Waals surface area contributed by atoms with Crippen LogP contribution in [-0.4, -0.2) is 36.5 Å². The van der Waals surface area contributed by atoms with Crippen molar-refractivity contribution >= 4 is 28.7 Å². The second kappa shape index (κ2) is 12.0. The van der Waals surface area contributed by atoms with Crippen LogP contribution in [-0.2, 0) is 0 Å². The average molecular weight is 623 g/mol. The summed E-state index contributed by atoms with van der Waals surface area (Å²) < 4.78 is 71.8. The summed E-state index contributed by atoms with van der Waals surface area (Å²) in [6.45, 7) is -4.82. The lowest BCUT2D eigenvalue weighted by Crippen LogP contribution is -2.34. The molecule has 3 aromatic rings. The molecular formula is C33H26F4N2O4S. The minimum absolute atomic E-state index is 0.0875. The molecule has 0 aromatic heterocycles. The fourth-order valence-electron chi connectivity index (χ4n) is 5.91. The molecular weight excluding hydrogens is 596 g/mol. The quantitative estimate of drug-likeness (QED) is 0.246. The third kappa shape index (κ3) is 5.63. The van der Waals surface area contributed by atoms with Gasteiger partial charge in [0.1, 0.15) is 24.7 Å². The van der Waals surface area contributed by atoms with Crippen molar-refractivity contribution in [1.29, 1.82) is 0 Å². The highest BCUT2D eigenvalue weighted by atomic mass is 32.2. The van der Waals surface area contributed by atoms with Gasteiger partial charge >= 0.3 is 13.2 Å². The van der Waals surface area contributed by atoms with Crippen molar-refractivity contribution in [2.45, 2.75) is 38.5 Å². The Morgan fingerprint density at radius 1 is 0.841 bits per heavy atom. The van der Waals surface area contributed by atoms with Crippen LogP contribution >= 0.6 is 11.8 Å². The van der Waals surface area contributed by atoms with E-state index in [1.807, 2.05) is 36.4 Å². The molecule has 1 unspecified atom stereocenters. The number of aliphatic imine (C=N–C) groups is 1. The van der Waals surface area contributed by atoms with Crippen LogP contribution in [0.2, 0.25) is 0 Å². The molecule has 4 aliphatic rings. The number of rotatable bonds is 7. The molecule has 1 atom stereocenters. The lowest BCUT2D eigenvalue weighted by atomic mass is 9.82. The minimum atomic E-state index is -2.91. The predicted octanol–water partition coefficient (Wildman–Crippen LogP) is 8.64. The molecule has 3 aromatic carbocycles. The fourth-order valence-corrected chi connectivity index (χ4v) is 6.84. The topological polar surface area (TPSA) is 52.5 Å². The summed E-state index contributed by atoms with van der Waals surface area (Å²) in [5.74, 6) is 1.56. The molecule has 0 saturated carbocycles. The van der Waals surface area contributed by atoms with Gasteiger partial charge in [-0.25, -0.2) is 4.99 Å². The first-order valence-corrected chi connectivity index (χ1v) is 15.0. The van der Waals surface area contributed by atoms with Crippen LogP contribution in [0, 0.1) is 0 Å². The standard InChI is InChI=1S/C33H26F4N2O4S/c34-31(35)42-23-9-4-19(5-10-23)16-22-2-1-3-25-29(22)38-33-39(30(25)20-6-11-24(12-7-20)43-32(36)37)26(18-44-33)21-8-13-27-28(17-21)41-15-14-40-27/h4-13,16-18,30-32H,1-3,14-15H2/b22-16+. The number of ether oxygens (including phenoxy) is 4. The van der Waals surface area contributed by atoms with Crippen molar-refractivity contribution in [3.63, 3.8) is 0 Å². The first-order valence-electron chi connectivity index (χ1n) is 14.1. The van der Waals surface area contributed by atoms with Crippen molar-refractivity contribution in [3.05, 3.63) is 106 Å². The van der Waals surface area contributed by atoms with Crippen LogP contribution in [0.25, 0.3) is 11.8 Å². The van der Waals surface area contributed by atoms with E-state index in [9.17, 15) is 17.6 Å². The number of hydrogen-bond donors (Lipinski definition) is 0. The van der Waals surface area contributed by atoms with Crippen LogP contribution in [0.15, 0.2) is 94.0 Å². The molecule has 0 saturated heterocycles. The Labute approximate surface area is 255 Å². The molecule has 6 nitrogen and oxygen atoms in total. The second-order valence-electron chi connectivity index (χ2n) is 10.4. The molecule has 0 radical (unpaired) electrons. The summed E-state index contributed by atoms with van der Waals surface area (Å²) in [7, 11) is 0. The summed E-state index contributed by atoms with van der Waals surface area (Å²) in [5, 5.41) is 2.86. The monoisotopic (exact) mass is 622 g/mol. The zero-order valence-electron chi connectivity index (χ0n) is 23.2. The van der Waals surface area contributed by atoms with Gasteiger partial charge in [0, 0.05) is 11.0 Å². The molecule has 44 heavy (non-hydrogen) atoms. The molecule has 0 spiro atoms. The van der Waals surface area contributed by atoms with Crippen LogP contribution < -0.4 is 18.9 Å². The van der Waals surface area contributed by atoms with Crippen LogP contribution in [0.4, 0.5) is 17.6 Å². The number of alkyl halides is 4. The van der Waals surface area contributed by atoms with E-state index in [2.05, 4.69) is 19.8 Å². The van der Waals surface area contributed by atoms with Crippen molar-refractivity contribution < 1.29 is 36.5 Å². The predicted molar refractivity (Wildman–Crippen MR) is 160 cm³/mol. The van der Waals surface area contributed by atoms with E-state index in [1.165, 1.54) is 23.9 Å². The molecule has 1 aliphatic carbocycles. The smallest absolute Gasteiger partial charge is 0.387 e. The van der Waals surface area contributed by atoms with Gasteiger partial charge in [-0.2, -0.15) is 17.6 Å². The number of fused-ring (bicyclic) bond motifs is 2. The normalized spacial score (nSPS) is 20.0. The molecule has 0 N–H and O–H groups in total. The number of benzene rings is 3. The van der Waals surface area contributed by atoms with E-state index in [0.29, 0.717) is 24.7 Å². The van der Waals surface area contributed by atoms with Crippen LogP contribution in [0.1, 0.15) is 42.0 Å². The zero-order chi connectivity index (χ0) is 30.2. The number of halogens is 4. The van der Waals surface area contributed by atoms with Crippen molar-refractivity contribution in [2.24, 2.45) is 4.99 Å². The Kier molecular flexibility index (Phi) is 7.71. The largest absolute Gasteiger partial charge is 0.486 e. The first-order chi connectivity index (χ1) is 21.4. The van der Waals surface area contributed by atoms with E-state index in [4.69, 9.17) is 14.5 Å². The summed E-state index contributed by atoms with van der Waals surface area (Å²) >= 11 is 1.52. The summed E-state index contributed by atoms with van der Waals surface area (Å²) in [6.07, 6.45) is 4.51. The highest BCUT2D eigenvalue weighted by Gasteiger charge is 2.40. The van der Waals surface area contributed by atoms with Gasteiger partial charge in [-0.15, -0.1) is 0 Å². The van der Waals surface area contributed by atoms with E-state index in [0.717, 1.165) is 63.7 Å². The maximum atomic E-state index is 12.9. The van der Waals surface area contributed by atoms with Gasteiger partial charge in [0.15, 0.2) is 16.7 Å². The Morgan fingerprint density at radius 3 is 2.23 bits per heavy atom. The first kappa shape index (κ1) is 28.4. The third-order valence-electron chi connectivity index (χ3n) is 7.74. The molecule has 7 rings (SSSR count). The summed E-state index contributed by atoms with van der Waals surface area (Å²) in [6, 6.07) is 18.9. The van der Waals surface area contributed by atoms with E-state index < -0.39 is 13.2 Å². The van der Waals surface area contributed by atoms with Gasteiger partial charge in [-0.1, -0.05) is 36.0 Å². The van der Waals surface area contributed by atoms with Gasteiger partial charge in [0.25, 0.3) is 0 Å². The molecule has 3 aliphatic heterocycles. The van der Waals surface area contributed by atoms with E-state index in [1.54, 1.807) is 24.3 Å². The number of allylic oxidation sites excluding steroid dienone is 1. The number of nitrogens with zero attached hydrogens (tertiary/aromatic N) is 2. The van der Waals surface area contributed by atoms with Gasteiger partial charge in [-0.3, -0.25) is 0 Å². The summed E-state index contributed by atoms with van der Waals surface area (Å²) in [5.41, 5.74) is 6.67. The lowest BCUT2D eigenvalue weighted by Gasteiger charge is -2.40. The SMILES string of the molecule is FC(F)Oc1ccc(/C=C2\CCCC3=C2N=C2SC=C(c4ccc5c(c4)OCCO5)N2C3c2ccc(OC(F)F)cc2)cc1. The second-order valence-corrected chi connectivity index (χ2v) is 11.3. The lowest BCUT2D eigenvalue weighted by molar-refractivity contribution is -0.0505. The number of amidine groups is 1. The highest BCUT2D eigenvalue weighted by molar-refractivity contribution is 8.16. The third-order valence-corrected chi connectivity index (χ3v) is 8.58. The summed E-state index contributed by atoms with van der Waals surface area (Å²) in [4.78, 5) is 7.35. The fraction of sp³-hybridized carbons (Fsp3) is 0.242. The van der Waals surface area contributed by atoms with Crippen molar-refractivity contribution in [1.82, 2.24) is 4.90 Å². The van der Waals surface area contributed by atoms with E-state index >= 15 is 0 Å². The van der Waals surface area contributed by atoms with Crippen molar-refractivity contribution in [3.8, 4) is 23.0 Å². The Balaban J connectivity index is 1.29. The molecule has 0 bridgehead atoms. The average Bonchev–Trinajstić information content (AvgIpc) is 3.44. The molecule has 0 fully saturated rings. The van der Waals surface area contributed by atoms with Crippen LogP contribution in [0.5, 0.6) is 23.0 Å². The Morgan fingerprint density at radius 2 is 1.52 bits per heavy atom. The minimum Gasteiger partial charge on any atom is -0.486 e. The van der Waals surface area contributed by atoms with Gasteiger partial charge in [0.2, 0.25) is 0 Å². The highest BCUT2D eigenvalue weighted by Crippen LogP contribution is 2.51. The molecule has 11 heteroatoms. The zero-order valence-corrected chi connectivity index (χ0v) is 24.0. The maximum Gasteiger partial charge on any atom is 0.387 e. The van der Waals surface area contributed by atoms with Gasteiger partial charge in [0.05, 0.1) is 17.4 Å². The Bertz CT molecular complexity index is 1690. The number of thioether (sulfide) groups is 1. The Hall–Kier alpha value is -4.38. The number of hydrogen-bond acceptors (Lipinski definition) is 7. The van der Waals surface area contributed by atoms with Gasteiger partial charge < -0.3 is 23.8 Å². The van der Waals surface area contributed by atoms with E-state index in [-0.39, 0.29) is 17.5 Å². The van der Waals surface area contributed by atoms with Gasteiger partial charge in [-0.05, 0) is 90.1 Å². The molecule has 0 amide bonds. The molecule has 226 valence electrons. The van der Waals surface area contributed by atoms with Crippen LogP contribution in [0.3, 0.4) is 0 Å². The maximum absolute atomic E-state index is 12.9. The molecule has 3 heterocycles.